The molecule has 1 unspecified atom stereocenters. The first-order valence-corrected chi connectivity index (χ1v) is 8.73. The molecule has 3 rings (SSSR count). The Labute approximate surface area is 135 Å². The van der Waals surface area contributed by atoms with Gasteiger partial charge in [-0.05, 0) is 43.6 Å². The van der Waals surface area contributed by atoms with Crippen LogP contribution in [0.4, 0.5) is 0 Å². The molecule has 1 atom stereocenters. The molecule has 2 heterocycles. The topological polar surface area (TPSA) is 15.3 Å². The fourth-order valence-corrected chi connectivity index (χ4v) is 4.04. The number of benzene rings is 1. The SMILES string of the molecule is Clc1ccc(CN2CCCNC(Cc3ccccc3)C2)s1. The minimum atomic E-state index is 0.533. The van der Waals surface area contributed by atoms with Gasteiger partial charge in [0.15, 0.2) is 0 Å². The summed E-state index contributed by atoms with van der Waals surface area (Å²) in [5.74, 6) is 0. The fraction of sp³-hybridized carbons (Fsp3) is 0.412. The highest BCUT2D eigenvalue weighted by atomic mass is 35.5. The van der Waals surface area contributed by atoms with E-state index >= 15 is 0 Å². The van der Waals surface area contributed by atoms with Crippen molar-refractivity contribution in [1.82, 2.24) is 10.2 Å². The molecule has 1 aromatic heterocycles. The van der Waals surface area contributed by atoms with E-state index in [2.05, 4.69) is 46.6 Å². The summed E-state index contributed by atoms with van der Waals surface area (Å²) in [4.78, 5) is 3.91. The molecule has 1 fully saturated rings. The van der Waals surface area contributed by atoms with E-state index in [4.69, 9.17) is 11.6 Å². The Hall–Kier alpha value is -0.870. The third-order valence-electron chi connectivity index (χ3n) is 3.90. The number of thiophene rings is 1. The number of rotatable bonds is 4. The molecular weight excluding hydrogens is 300 g/mol. The molecule has 0 radical (unpaired) electrons. The molecule has 2 nitrogen and oxygen atoms in total. The van der Waals surface area contributed by atoms with Crippen LogP contribution in [0.15, 0.2) is 42.5 Å². The normalized spacial score (nSPS) is 20.3. The smallest absolute Gasteiger partial charge is 0.0931 e. The van der Waals surface area contributed by atoms with Gasteiger partial charge in [-0.1, -0.05) is 41.9 Å². The van der Waals surface area contributed by atoms with Crippen LogP contribution < -0.4 is 5.32 Å². The Morgan fingerprint density at radius 1 is 1.19 bits per heavy atom. The van der Waals surface area contributed by atoms with Crippen molar-refractivity contribution in [3.8, 4) is 0 Å². The first-order chi connectivity index (χ1) is 10.3. The van der Waals surface area contributed by atoms with Crippen LogP contribution in [0.2, 0.25) is 4.34 Å². The molecule has 112 valence electrons. The third-order valence-corrected chi connectivity index (χ3v) is 5.11. The molecule has 2 aromatic rings. The Bertz CT molecular complexity index is 555. The molecule has 1 aliphatic rings. The van der Waals surface area contributed by atoms with Crippen LogP contribution in [0, 0.1) is 0 Å². The maximum atomic E-state index is 6.03. The lowest BCUT2D eigenvalue weighted by Gasteiger charge is -2.24. The van der Waals surface area contributed by atoms with Crippen molar-refractivity contribution in [3.63, 3.8) is 0 Å². The lowest BCUT2D eigenvalue weighted by atomic mass is 10.1. The van der Waals surface area contributed by atoms with Crippen LogP contribution in [-0.2, 0) is 13.0 Å². The van der Waals surface area contributed by atoms with Crippen molar-refractivity contribution in [2.75, 3.05) is 19.6 Å². The minimum Gasteiger partial charge on any atom is -0.312 e. The van der Waals surface area contributed by atoms with Gasteiger partial charge in [-0.15, -0.1) is 11.3 Å². The molecule has 4 heteroatoms. The second-order valence-corrected chi connectivity index (χ2v) is 7.43. The first kappa shape index (κ1) is 15.0. The summed E-state index contributed by atoms with van der Waals surface area (Å²) in [5.41, 5.74) is 1.41. The summed E-state index contributed by atoms with van der Waals surface area (Å²) in [6, 6.07) is 15.4. The Balaban J connectivity index is 1.60. The zero-order chi connectivity index (χ0) is 14.5. The van der Waals surface area contributed by atoms with Gasteiger partial charge in [-0.2, -0.15) is 0 Å². The van der Waals surface area contributed by atoms with E-state index in [9.17, 15) is 0 Å². The third kappa shape index (κ3) is 4.55. The minimum absolute atomic E-state index is 0.533. The molecule has 1 N–H and O–H groups in total. The van der Waals surface area contributed by atoms with Crippen molar-refractivity contribution in [2.24, 2.45) is 0 Å². The van der Waals surface area contributed by atoms with Gasteiger partial charge in [0.05, 0.1) is 4.34 Å². The van der Waals surface area contributed by atoms with Crippen molar-refractivity contribution in [1.29, 1.82) is 0 Å². The lowest BCUT2D eigenvalue weighted by molar-refractivity contribution is 0.261. The van der Waals surface area contributed by atoms with Crippen LogP contribution in [0.3, 0.4) is 0 Å². The maximum Gasteiger partial charge on any atom is 0.0931 e. The monoisotopic (exact) mass is 320 g/mol. The highest BCUT2D eigenvalue weighted by Gasteiger charge is 2.18. The standard InChI is InChI=1S/C17H21ClN2S/c18-17-8-7-16(21-17)13-20-10-4-9-19-15(12-20)11-14-5-2-1-3-6-14/h1-3,5-8,15,19H,4,9-13H2. The van der Waals surface area contributed by atoms with Gasteiger partial charge in [-0.3, -0.25) is 4.90 Å². The summed E-state index contributed by atoms with van der Waals surface area (Å²) in [5, 5.41) is 3.69. The van der Waals surface area contributed by atoms with Gasteiger partial charge in [0.25, 0.3) is 0 Å². The number of halogens is 1. The predicted molar refractivity (Wildman–Crippen MR) is 91.2 cm³/mol. The lowest BCUT2D eigenvalue weighted by Crippen LogP contribution is -2.38. The largest absolute Gasteiger partial charge is 0.312 e. The van der Waals surface area contributed by atoms with E-state index in [0.717, 1.165) is 36.9 Å². The fourth-order valence-electron chi connectivity index (χ4n) is 2.91. The van der Waals surface area contributed by atoms with Gasteiger partial charge < -0.3 is 5.32 Å². The van der Waals surface area contributed by atoms with Crippen molar-refractivity contribution in [2.45, 2.75) is 25.4 Å². The van der Waals surface area contributed by atoms with E-state index in [1.165, 1.54) is 16.9 Å². The van der Waals surface area contributed by atoms with Gasteiger partial charge in [0.2, 0.25) is 0 Å². The van der Waals surface area contributed by atoms with Gasteiger partial charge >= 0.3 is 0 Å². The van der Waals surface area contributed by atoms with Gasteiger partial charge in [0, 0.05) is 24.0 Å². The molecule has 0 aliphatic carbocycles. The molecule has 0 spiro atoms. The van der Waals surface area contributed by atoms with Gasteiger partial charge in [0.1, 0.15) is 0 Å². The van der Waals surface area contributed by atoms with E-state index in [1.807, 2.05) is 6.07 Å². The molecule has 1 saturated heterocycles. The summed E-state index contributed by atoms with van der Waals surface area (Å²) in [6.45, 7) is 4.39. The van der Waals surface area contributed by atoms with E-state index < -0.39 is 0 Å². The van der Waals surface area contributed by atoms with E-state index in [0.29, 0.717) is 6.04 Å². The highest BCUT2D eigenvalue weighted by Crippen LogP contribution is 2.23. The van der Waals surface area contributed by atoms with Crippen LogP contribution >= 0.6 is 22.9 Å². The molecule has 1 aliphatic heterocycles. The second-order valence-electron chi connectivity index (χ2n) is 5.64. The van der Waals surface area contributed by atoms with Crippen LogP contribution in [0.1, 0.15) is 16.9 Å². The Morgan fingerprint density at radius 3 is 2.81 bits per heavy atom. The van der Waals surface area contributed by atoms with Crippen LogP contribution in [0.5, 0.6) is 0 Å². The molecule has 0 saturated carbocycles. The molecule has 0 bridgehead atoms. The van der Waals surface area contributed by atoms with E-state index in [1.54, 1.807) is 11.3 Å². The summed E-state index contributed by atoms with van der Waals surface area (Å²) in [7, 11) is 0. The summed E-state index contributed by atoms with van der Waals surface area (Å²) in [6.07, 6.45) is 2.31. The molecule has 21 heavy (non-hydrogen) atoms. The second kappa shape index (κ2) is 7.41. The molecule has 0 amide bonds. The zero-order valence-corrected chi connectivity index (χ0v) is 13.7. The van der Waals surface area contributed by atoms with Crippen LogP contribution in [0.25, 0.3) is 0 Å². The van der Waals surface area contributed by atoms with Crippen molar-refractivity contribution < 1.29 is 0 Å². The Morgan fingerprint density at radius 2 is 2.05 bits per heavy atom. The average molecular weight is 321 g/mol. The quantitative estimate of drug-likeness (QED) is 0.921. The van der Waals surface area contributed by atoms with Crippen LogP contribution in [-0.4, -0.2) is 30.6 Å². The van der Waals surface area contributed by atoms with Gasteiger partial charge in [-0.25, -0.2) is 0 Å². The van der Waals surface area contributed by atoms with E-state index in [-0.39, 0.29) is 0 Å². The summed E-state index contributed by atoms with van der Waals surface area (Å²) >= 11 is 7.73. The zero-order valence-electron chi connectivity index (χ0n) is 12.1. The number of hydrogen-bond acceptors (Lipinski definition) is 3. The average Bonchev–Trinajstić information content (AvgIpc) is 2.76. The number of nitrogens with one attached hydrogen (secondary N) is 1. The predicted octanol–water partition coefficient (Wildman–Crippen LogP) is 3.81. The molecule has 1 aromatic carbocycles. The van der Waals surface area contributed by atoms with Crippen molar-refractivity contribution >= 4 is 22.9 Å². The first-order valence-electron chi connectivity index (χ1n) is 7.53. The number of nitrogens with zero attached hydrogens (tertiary/aromatic N) is 1. The van der Waals surface area contributed by atoms with Crippen molar-refractivity contribution in [3.05, 3.63) is 57.2 Å². The maximum absolute atomic E-state index is 6.03. The molecular formula is C17H21ClN2S. The highest BCUT2D eigenvalue weighted by molar-refractivity contribution is 7.16. The number of hydrogen-bond donors (Lipinski definition) is 1. The summed E-state index contributed by atoms with van der Waals surface area (Å²) < 4.78 is 0.888. The Kier molecular flexibility index (Phi) is 5.31.